The van der Waals surface area contributed by atoms with Gasteiger partial charge in [-0.2, -0.15) is 13.2 Å². The molecule has 0 unspecified atom stereocenters. The molecule has 15 heavy (non-hydrogen) atoms. The third kappa shape index (κ3) is 3.67. The number of rotatable bonds is 4. The van der Waals surface area contributed by atoms with Crippen LogP contribution in [-0.4, -0.2) is 18.4 Å². The predicted molar refractivity (Wildman–Crippen MR) is 52.6 cm³/mol. The Kier molecular flexibility index (Phi) is 3.69. The molecule has 0 heterocycles. The van der Waals surface area contributed by atoms with Crippen molar-refractivity contribution in [3.63, 3.8) is 0 Å². The highest BCUT2D eigenvalue weighted by atomic mass is 19.4. The monoisotopic (exact) mass is 224 g/mol. The van der Waals surface area contributed by atoms with Crippen LogP contribution in [0, 0.1) is 11.8 Å². The number of hydrogen-bond donors (Lipinski definition) is 0. The van der Waals surface area contributed by atoms with Gasteiger partial charge in [0, 0.05) is 0 Å². The number of ether oxygens (including phenoxy) is 1. The average molecular weight is 224 g/mol. The fourth-order valence-corrected chi connectivity index (χ4v) is 1.58. The van der Waals surface area contributed by atoms with Crippen LogP contribution in [0.3, 0.4) is 0 Å². The molecule has 0 saturated heterocycles. The normalized spacial score (nSPS) is 27.6. The van der Waals surface area contributed by atoms with Crippen LogP contribution in [0.2, 0.25) is 0 Å². The standard InChI is InChI=1S/C11H19F3O/c1-4-10(2,3)15-7-8-5-9(6-8)11(12,13)14/h8-9H,4-7H2,1-3H3. The largest absolute Gasteiger partial charge is 0.391 e. The molecule has 90 valence electrons. The van der Waals surface area contributed by atoms with Crippen LogP contribution in [0.5, 0.6) is 0 Å². The van der Waals surface area contributed by atoms with Crippen LogP contribution in [0.15, 0.2) is 0 Å². The zero-order valence-corrected chi connectivity index (χ0v) is 9.53. The fraction of sp³-hybridized carbons (Fsp3) is 1.00. The van der Waals surface area contributed by atoms with E-state index < -0.39 is 12.1 Å². The lowest BCUT2D eigenvalue weighted by Crippen LogP contribution is -2.39. The van der Waals surface area contributed by atoms with Crippen LogP contribution in [0.1, 0.15) is 40.0 Å². The minimum atomic E-state index is -4.00. The molecule has 1 fully saturated rings. The smallest absolute Gasteiger partial charge is 0.375 e. The zero-order valence-electron chi connectivity index (χ0n) is 9.53. The van der Waals surface area contributed by atoms with E-state index in [1.165, 1.54) is 0 Å². The van der Waals surface area contributed by atoms with Crippen molar-refractivity contribution in [1.82, 2.24) is 0 Å². The molecule has 1 nitrogen and oxygen atoms in total. The van der Waals surface area contributed by atoms with Gasteiger partial charge in [0.25, 0.3) is 0 Å². The van der Waals surface area contributed by atoms with Crippen molar-refractivity contribution in [2.75, 3.05) is 6.61 Å². The molecule has 0 aromatic rings. The molecule has 0 aromatic heterocycles. The van der Waals surface area contributed by atoms with E-state index in [0.29, 0.717) is 6.61 Å². The van der Waals surface area contributed by atoms with E-state index in [1.807, 2.05) is 20.8 Å². The van der Waals surface area contributed by atoms with E-state index >= 15 is 0 Å². The molecule has 1 saturated carbocycles. The molecule has 1 rings (SSSR count). The van der Waals surface area contributed by atoms with Crippen molar-refractivity contribution in [2.24, 2.45) is 11.8 Å². The molecule has 0 N–H and O–H groups in total. The first kappa shape index (κ1) is 12.8. The second kappa shape index (κ2) is 4.32. The third-order valence-electron chi connectivity index (χ3n) is 3.26. The van der Waals surface area contributed by atoms with Crippen LogP contribution in [0.25, 0.3) is 0 Å². The summed E-state index contributed by atoms with van der Waals surface area (Å²) in [5.74, 6) is -0.988. The number of alkyl halides is 3. The van der Waals surface area contributed by atoms with Crippen molar-refractivity contribution < 1.29 is 17.9 Å². The molecule has 0 amide bonds. The molecular weight excluding hydrogens is 205 g/mol. The highest BCUT2D eigenvalue weighted by Crippen LogP contribution is 2.45. The summed E-state index contributed by atoms with van der Waals surface area (Å²) < 4.78 is 42.1. The molecule has 0 aromatic carbocycles. The average Bonchev–Trinajstić information content (AvgIpc) is 1.98. The minimum absolute atomic E-state index is 0.0995. The van der Waals surface area contributed by atoms with E-state index in [0.717, 1.165) is 6.42 Å². The number of hydrogen-bond acceptors (Lipinski definition) is 1. The van der Waals surface area contributed by atoms with E-state index in [1.54, 1.807) is 0 Å². The second-order valence-corrected chi connectivity index (χ2v) is 5.00. The first-order valence-electron chi connectivity index (χ1n) is 5.45. The van der Waals surface area contributed by atoms with Gasteiger partial charge in [-0.15, -0.1) is 0 Å². The van der Waals surface area contributed by atoms with Gasteiger partial charge in [-0.1, -0.05) is 6.92 Å². The Balaban J connectivity index is 2.19. The maximum absolute atomic E-state index is 12.2. The quantitative estimate of drug-likeness (QED) is 0.706. The summed E-state index contributed by atoms with van der Waals surface area (Å²) >= 11 is 0. The van der Waals surface area contributed by atoms with Crippen LogP contribution in [-0.2, 0) is 4.74 Å². The van der Waals surface area contributed by atoms with Gasteiger partial charge in [-0.25, -0.2) is 0 Å². The van der Waals surface area contributed by atoms with Crippen molar-refractivity contribution in [2.45, 2.75) is 51.8 Å². The minimum Gasteiger partial charge on any atom is -0.375 e. The predicted octanol–water partition coefficient (Wildman–Crippen LogP) is 3.78. The number of halogens is 3. The lowest BCUT2D eigenvalue weighted by molar-refractivity contribution is -0.211. The summed E-state index contributed by atoms with van der Waals surface area (Å²) in [6.45, 7) is 6.41. The van der Waals surface area contributed by atoms with Gasteiger partial charge in [-0.3, -0.25) is 0 Å². The lowest BCUT2D eigenvalue weighted by atomic mass is 9.75. The second-order valence-electron chi connectivity index (χ2n) is 5.00. The Morgan fingerprint density at radius 2 is 1.73 bits per heavy atom. The van der Waals surface area contributed by atoms with Crippen molar-refractivity contribution >= 4 is 0 Å². The topological polar surface area (TPSA) is 9.23 Å². The van der Waals surface area contributed by atoms with E-state index in [2.05, 4.69) is 0 Å². The van der Waals surface area contributed by atoms with Crippen molar-refractivity contribution in [3.05, 3.63) is 0 Å². The SMILES string of the molecule is CCC(C)(C)OCC1CC(C(F)(F)F)C1. The van der Waals surface area contributed by atoms with Crippen molar-refractivity contribution in [1.29, 1.82) is 0 Å². The van der Waals surface area contributed by atoms with Gasteiger partial charge < -0.3 is 4.74 Å². The van der Waals surface area contributed by atoms with Gasteiger partial charge in [0.1, 0.15) is 0 Å². The third-order valence-corrected chi connectivity index (χ3v) is 3.26. The Morgan fingerprint density at radius 1 is 1.20 bits per heavy atom. The molecule has 0 bridgehead atoms. The maximum atomic E-state index is 12.2. The van der Waals surface area contributed by atoms with Crippen LogP contribution < -0.4 is 0 Å². The summed E-state index contributed by atoms with van der Waals surface area (Å²) in [6.07, 6.45) is -2.65. The van der Waals surface area contributed by atoms with Gasteiger partial charge in [0.15, 0.2) is 0 Å². The first-order chi connectivity index (χ1) is 6.74. The Labute approximate surface area is 89.0 Å². The Morgan fingerprint density at radius 3 is 2.13 bits per heavy atom. The molecule has 0 radical (unpaired) electrons. The van der Waals surface area contributed by atoms with Crippen LogP contribution in [0.4, 0.5) is 13.2 Å². The van der Waals surface area contributed by atoms with E-state index in [9.17, 15) is 13.2 Å². The Bertz CT molecular complexity index is 204. The summed E-state index contributed by atoms with van der Waals surface area (Å²) in [6, 6.07) is 0. The first-order valence-corrected chi connectivity index (χ1v) is 5.45. The molecule has 0 spiro atoms. The molecule has 1 aliphatic rings. The van der Waals surface area contributed by atoms with Crippen LogP contribution >= 0.6 is 0 Å². The fourth-order valence-electron chi connectivity index (χ4n) is 1.58. The van der Waals surface area contributed by atoms with Gasteiger partial charge >= 0.3 is 6.18 Å². The molecule has 0 atom stereocenters. The highest BCUT2D eigenvalue weighted by molar-refractivity contribution is 4.84. The van der Waals surface area contributed by atoms with E-state index in [4.69, 9.17) is 4.74 Å². The summed E-state index contributed by atoms with van der Waals surface area (Å²) in [5.41, 5.74) is -0.205. The zero-order chi connectivity index (χ0) is 11.7. The van der Waals surface area contributed by atoms with Gasteiger partial charge in [-0.05, 0) is 39.0 Å². The van der Waals surface area contributed by atoms with Crippen molar-refractivity contribution in [3.8, 4) is 0 Å². The van der Waals surface area contributed by atoms with Gasteiger partial charge in [0.05, 0.1) is 18.1 Å². The summed E-state index contributed by atoms with van der Waals surface area (Å²) in [4.78, 5) is 0. The lowest BCUT2D eigenvalue weighted by Gasteiger charge is -2.38. The van der Waals surface area contributed by atoms with E-state index in [-0.39, 0.29) is 24.4 Å². The maximum Gasteiger partial charge on any atom is 0.391 e. The van der Waals surface area contributed by atoms with Gasteiger partial charge in [0.2, 0.25) is 0 Å². The highest BCUT2D eigenvalue weighted by Gasteiger charge is 2.47. The molecular formula is C11H19F3O. The summed E-state index contributed by atoms with van der Waals surface area (Å²) in [5, 5.41) is 0. The molecule has 0 aliphatic heterocycles. The Hall–Kier alpha value is -0.250. The molecule has 4 heteroatoms. The summed E-state index contributed by atoms with van der Waals surface area (Å²) in [7, 11) is 0. The molecule has 1 aliphatic carbocycles.